The van der Waals surface area contributed by atoms with Crippen LogP contribution in [0.5, 0.6) is 5.75 Å². The number of hydrogen-bond acceptors (Lipinski definition) is 7. The minimum Gasteiger partial charge on any atom is -0.508 e. The van der Waals surface area contributed by atoms with E-state index < -0.39 is 23.0 Å². The van der Waals surface area contributed by atoms with E-state index in [1.807, 2.05) is 20.8 Å². The Morgan fingerprint density at radius 3 is 2.59 bits per heavy atom. The molecule has 0 saturated carbocycles. The van der Waals surface area contributed by atoms with Gasteiger partial charge in [-0.25, -0.2) is 23.7 Å². The molecule has 4 aromatic rings. The van der Waals surface area contributed by atoms with E-state index in [4.69, 9.17) is 17.3 Å². The Balaban J connectivity index is 1.94. The molecular weight excluding hydrogens is 437 g/mol. The van der Waals surface area contributed by atoms with Crippen LogP contribution in [0, 0.1) is 5.82 Å². The first kappa shape index (κ1) is 21.7. The molecule has 0 saturated heterocycles. The van der Waals surface area contributed by atoms with Gasteiger partial charge in [0, 0.05) is 17.2 Å². The summed E-state index contributed by atoms with van der Waals surface area (Å²) in [4.78, 5) is 21.1. The van der Waals surface area contributed by atoms with Crippen LogP contribution >= 0.6 is 11.6 Å². The Hall–Kier alpha value is -3.53. The fraction of sp³-hybridized carbons (Fsp3) is 0.286. The van der Waals surface area contributed by atoms with E-state index in [9.17, 15) is 14.3 Å². The molecule has 4 rings (SSSR count). The highest BCUT2D eigenvalue weighted by Gasteiger charge is 2.26. The van der Waals surface area contributed by atoms with Crippen LogP contribution < -0.4 is 11.3 Å². The molecule has 1 atom stereocenters. The second-order valence-electron chi connectivity index (χ2n) is 8.43. The van der Waals surface area contributed by atoms with Crippen molar-refractivity contribution >= 4 is 28.5 Å². The van der Waals surface area contributed by atoms with Crippen molar-refractivity contribution in [2.75, 3.05) is 5.73 Å². The summed E-state index contributed by atoms with van der Waals surface area (Å²) < 4.78 is 16.8. The van der Waals surface area contributed by atoms with Gasteiger partial charge in [0.1, 0.15) is 34.4 Å². The van der Waals surface area contributed by atoms with Gasteiger partial charge >= 0.3 is 0 Å². The molecule has 9 nitrogen and oxygen atoms in total. The molecule has 0 fully saturated rings. The van der Waals surface area contributed by atoms with Gasteiger partial charge in [-0.2, -0.15) is 10.2 Å². The summed E-state index contributed by atoms with van der Waals surface area (Å²) in [5, 5.41) is 19.1. The van der Waals surface area contributed by atoms with Crippen molar-refractivity contribution in [2.45, 2.75) is 39.3 Å². The molecular formula is C21H21ClFN7O2. The van der Waals surface area contributed by atoms with Gasteiger partial charge in [0.15, 0.2) is 5.65 Å². The molecule has 3 N–H and O–H groups in total. The van der Waals surface area contributed by atoms with Crippen molar-refractivity contribution in [3.8, 4) is 17.0 Å². The van der Waals surface area contributed by atoms with Crippen molar-refractivity contribution in [3.05, 3.63) is 57.5 Å². The Labute approximate surface area is 187 Å². The number of phenolic OH excluding ortho intramolecular Hbond substituents is 1. The van der Waals surface area contributed by atoms with Crippen molar-refractivity contribution in [3.63, 3.8) is 0 Å². The number of nitrogens with zero attached hydrogens (tertiary/aromatic N) is 6. The van der Waals surface area contributed by atoms with Gasteiger partial charge in [0.05, 0.1) is 23.2 Å². The summed E-state index contributed by atoms with van der Waals surface area (Å²) in [5.74, 6) is -0.756. The van der Waals surface area contributed by atoms with Crippen LogP contribution in [0.2, 0.25) is 5.02 Å². The molecule has 0 unspecified atom stereocenters. The van der Waals surface area contributed by atoms with Crippen molar-refractivity contribution in [2.24, 2.45) is 0 Å². The van der Waals surface area contributed by atoms with Crippen molar-refractivity contribution in [1.82, 2.24) is 29.5 Å². The summed E-state index contributed by atoms with van der Waals surface area (Å²) in [5.41, 5.74) is 6.50. The third kappa shape index (κ3) is 3.56. The lowest BCUT2D eigenvalue weighted by molar-refractivity contribution is 0.336. The first-order valence-electron chi connectivity index (χ1n) is 9.76. The first-order valence-corrected chi connectivity index (χ1v) is 10.1. The second kappa shape index (κ2) is 7.56. The fourth-order valence-electron chi connectivity index (χ4n) is 3.52. The van der Waals surface area contributed by atoms with Crippen LogP contribution in [0.4, 0.5) is 10.2 Å². The average molecular weight is 458 g/mol. The number of aromatic nitrogens is 6. The average Bonchev–Trinajstić information content (AvgIpc) is 3.09. The molecule has 11 heteroatoms. The van der Waals surface area contributed by atoms with E-state index in [0.717, 1.165) is 6.07 Å². The fourth-order valence-corrected chi connectivity index (χ4v) is 3.81. The topological polar surface area (TPSA) is 125 Å². The third-order valence-corrected chi connectivity index (χ3v) is 5.45. The van der Waals surface area contributed by atoms with Gasteiger partial charge in [0.25, 0.3) is 5.56 Å². The summed E-state index contributed by atoms with van der Waals surface area (Å²) in [6, 6.07) is 3.01. The molecule has 0 aliphatic rings. The number of hydrogen-bond donors (Lipinski definition) is 2. The van der Waals surface area contributed by atoms with E-state index in [1.165, 1.54) is 34.0 Å². The lowest BCUT2D eigenvalue weighted by Gasteiger charge is -2.22. The lowest BCUT2D eigenvalue weighted by Crippen LogP contribution is -2.37. The highest BCUT2D eigenvalue weighted by molar-refractivity contribution is 6.31. The zero-order valence-corrected chi connectivity index (χ0v) is 18.6. The number of aromatic hydroxyl groups is 1. The zero-order chi connectivity index (χ0) is 23.4. The smallest absolute Gasteiger partial charge is 0.286 e. The maximum absolute atomic E-state index is 14.0. The van der Waals surface area contributed by atoms with E-state index in [1.54, 1.807) is 6.92 Å². The largest absolute Gasteiger partial charge is 0.508 e. The van der Waals surface area contributed by atoms with Crippen molar-refractivity contribution in [1.29, 1.82) is 0 Å². The standard InChI is InChI=1S/C21H21ClFN7O2/c1-10(14-8-27-30(21(2,3)4)20(32)16(14)22)29-19-15(18(24)25-9-26-19)17(28-29)11-5-12(23)7-13(31)6-11/h5-10,31H,1-4H3,(H2,24,25,26)/t10-/m0/s1. The van der Waals surface area contributed by atoms with Gasteiger partial charge in [-0.3, -0.25) is 4.79 Å². The number of nitrogens with two attached hydrogens (primary N) is 1. The molecule has 0 bridgehead atoms. The van der Waals surface area contributed by atoms with Crippen LogP contribution in [0.25, 0.3) is 22.3 Å². The van der Waals surface area contributed by atoms with E-state index >= 15 is 0 Å². The Kier molecular flexibility index (Phi) is 5.12. The molecule has 1 aromatic carbocycles. The number of rotatable bonds is 3. The number of halogens is 2. The van der Waals surface area contributed by atoms with Crippen LogP contribution in [-0.2, 0) is 5.54 Å². The first-order chi connectivity index (χ1) is 15.0. The monoisotopic (exact) mass is 457 g/mol. The van der Waals surface area contributed by atoms with E-state index in [0.29, 0.717) is 22.2 Å². The number of phenols is 1. The van der Waals surface area contributed by atoms with Gasteiger partial charge in [0.2, 0.25) is 0 Å². The van der Waals surface area contributed by atoms with Gasteiger partial charge in [-0.1, -0.05) is 11.6 Å². The third-order valence-electron chi connectivity index (χ3n) is 5.07. The van der Waals surface area contributed by atoms with Crippen LogP contribution in [0.3, 0.4) is 0 Å². The zero-order valence-electron chi connectivity index (χ0n) is 17.8. The van der Waals surface area contributed by atoms with Gasteiger partial charge < -0.3 is 10.8 Å². The van der Waals surface area contributed by atoms with E-state index in [-0.39, 0.29) is 22.3 Å². The minimum absolute atomic E-state index is 0.0121. The molecule has 32 heavy (non-hydrogen) atoms. The van der Waals surface area contributed by atoms with Crippen molar-refractivity contribution < 1.29 is 9.50 Å². The highest BCUT2D eigenvalue weighted by Crippen LogP contribution is 2.35. The Morgan fingerprint density at radius 1 is 1.22 bits per heavy atom. The van der Waals surface area contributed by atoms with Gasteiger partial charge in [-0.05, 0) is 39.8 Å². The molecule has 3 aromatic heterocycles. The molecule has 0 aliphatic heterocycles. The predicted octanol–water partition coefficient (Wildman–Crippen LogP) is 3.49. The minimum atomic E-state index is -0.635. The lowest BCUT2D eigenvalue weighted by atomic mass is 10.1. The molecule has 0 spiro atoms. The predicted molar refractivity (Wildman–Crippen MR) is 119 cm³/mol. The Bertz CT molecular complexity index is 1390. The summed E-state index contributed by atoms with van der Waals surface area (Å²) in [6.07, 6.45) is 2.80. The highest BCUT2D eigenvalue weighted by atomic mass is 35.5. The maximum Gasteiger partial charge on any atom is 0.286 e. The van der Waals surface area contributed by atoms with Crippen LogP contribution in [-0.4, -0.2) is 34.6 Å². The summed E-state index contributed by atoms with van der Waals surface area (Å²) in [7, 11) is 0. The van der Waals surface area contributed by atoms with E-state index in [2.05, 4.69) is 20.2 Å². The Morgan fingerprint density at radius 2 is 1.94 bits per heavy atom. The molecule has 0 radical (unpaired) electrons. The number of anilines is 1. The maximum atomic E-state index is 14.0. The van der Waals surface area contributed by atoms with Crippen LogP contribution in [0.15, 0.2) is 35.5 Å². The van der Waals surface area contributed by atoms with Crippen LogP contribution in [0.1, 0.15) is 39.3 Å². The SMILES string of the molecule is C[C@@H](c1cnn(C(C)(C)C)c(=O)c1Cl)n1nc(-c2cc(O)cc(F)c2)c2c(N)ncnc21. The molecule has 0 aliphatic carbocycles. The number of benzene rings is 1. The summed E-state index contributed by atoms with van der Waals surface area (Å²) >= 11 is 6.44. The second-order valence-corrected chi connectivity index (χ2v) is 8.80. The number of fused-ring (bicyclic) bond motifs is 1. The number of nitrogen functional groups attached to an aromatic ring is 1. The molecule has 0 amide bonds. The quantitative estimate of drug-likeness (QED) is 0.482. The normalized spacial score (nSPS) is 12.9. The summed E-state index contributed by atoms with van der Waals surface area (Å²) in [6.45, 7) is 7.33. The van der Waals surface area contributed by atoms with Gasteiger partial charge in [-0.15, -0.1) is 0 Å². The molecule has 3 heterocycles. The molecule has 166 valence electrons.